The highest BCUT2D eigenvalue weighted by atomic mass is 32.2. The Balaban J connectivity index is 1.78. The van der Waals surface area contributed by atoms with E-state index in [4.69, 9.17) is 21.7 Å². The van der Waals surface area contributed by atoms with Crippen molar-refractivity contribution < 1.29 is 14.3 Å². The second-order valence-corrected chi connectivity index (χ2v) is 6.13. The molecule has 6 heteroatoms. The van der Waals surface area contributed by atoms with Crippen LogP contribution in [0.15, 0.2) is 53.4 Å². The van der Waals surface area contributed by atoms with E-state index in [9.17, 15) is 4.79 Å². The number of benzene rings is 2. The van der Waals surface area contributed by atoms with Crippen molar-refractivity contribution in [2.24, 2.45) is 0 Å². The van der Waals surface area contributed by atoms with Crippen LogP contribution in [0.4, 0.5) is 4.79 Å². The minimum Gasteiger partial charge on any atom is -0.497 e. The summed E-state index contributed by atoms with van der Waals surface area (Å²) in [6, 6.07) is 14.9. The zero-order valence-electron chi connectivity index (χ0n) is 12.2. The highest BCUT2D eigenvalue weighted by Gasteiger charge is 2.21. The number of hydrogen-bond acceptors (Lipinski definition) is 5. The van der Waals surface area contributed by atoms with Crippen molar-refractivity contribution >= 4 is 40.3 Å². The third-order valence-electron chi connectivity index (χ3n) is 3.09. The van der Waals surface area contributed by atoms with Gasteiger partial charge in [-0.1, -0.05) is 24.4 Å². The lowest BCUT2D eigenvalue weighted by Gasteiger charge is -2.07. The van der Waals surface area contributed by atoms with Gasteiger partial charge in [-0.15, -0.1) is 0 Å². The summed E-state index contributed by atoms with van der Waals surface area (Å²) in [7, 11) is 1.62. The maximum absolute atomic E-state index is 11.3. The van der Waals surface area contributed by atoms with Crippen molar-refractivity contribution in [3.63, 3.8) is 0 Å². The van der Waals surface area contributed by atoms with Crippen molar-refractivity contribution in [3.05, 3.63) is 59.0 Å². The molecular formula is C17H13NO3S2. The third kappa shape index (κ3) is 3.91. The van der Waals surface area contributed by atoms with E-state index in [1.165, 1.54) is 0 Å². The number of carbonyl (C=O) groups is 1. The standard InChI is InChI=1S/C17H13NO3S2/c1-20-12-5-7-13(8-6-12)21-14-4-2-3-11(9-14)10-15-16(22)18-17(19)23-15/h2-10H,1H3,(H,18,19,22)/b15-10+. The van der Waals surface area contributed by atoms with Gasteiger partial charge in [0.1, 0.15) is 22.2 Å². The molecular weight excluding hydrogens is 330 g/mol. The van der Waals surface area contributed by atoms with Crippen LogP contribution in [0, 0.1) is 0 Å². The summed E-state index contributed by atoms with van der Waals surface area (Å²) in [6.45, 7) is 0. The molecule has 2 aromatic carbocycles. The van der Waals surface area contributed by atoms with Crippen LogP contribution in [0.1, 0.15) is 5.56 Å². The fourth-order valence-electron chi connectivity index (χ4n) is 2.02. The summed E-state index contributed by atoms with van der Waals surface area (Å²) in [6.07, 6.45) is 1.87. The van der Waals surface area contributed by atoms with Crippen LogP contribution in [-0.2, 0) is 0 Å². The molecule has 23 heavy (non-hydrogen) atoms. The number of ether oxygens (including phenoxy) is 2. The minimum atomic E-state index is -0.146. The number of hydrogen-bond donors (Lipinski definition) is 1. The van der Waals surface area contributed by atoms with E-state index < -0.39 is 0 Å². The van der Waals surface area contributed by atoms with Gasteiger partial charge >= 0.3 is 0 Å². The molecule has 0 aromatic heterocycles. The molecule has 116 valence electrons. The van der Waals surface area contributed by atoms with Gasteiger partial charge in [0.25, 0.3) is 5.24 Å². The number of methoxy groups -OCH3 is 1. The van der Waals surface area contributed by atoms with Crippen molar-refractivity contribution in [2.45, 2.75) is 0 Å². The molecule has 0 spiro atoms. The molecule has 1 heterocycles. The Morgan fingerprint density at radius 3 is 2.48 bits per heavy atom. The van der Waals surface area contributed by atoms with Gasteiger partial charge in [0, 0.05) is 0 Å². The van der Waals surface area contributed by atoms with E-state index in [2.05, 4.69) is 5.32 Å². The van der Waals surface area contributed by atoms with Crippen LogP contribution < -0.4 is 14.8 Å². The van der Waals surface area contributed by atoms with Crippen molar-refractivity contribution in [1.29, 1.82) is 0 Å². The maximum atomic E-state index is 11.3. The molecule has 2 aromatic rings. The summed E-state index contributed by atoms with van der Waals surface area (Å²) in [4.78, 5) is 12.5. The number of thiocarbonyl (C=S) groups is 1. The Bertz CT molecular complexity index is 785. The second-order valence-electron chi connectivity index (χ2n) is 4.70. The number of amides is 1. The molecule has 1 amide bonds. The normalized spacial score (nSPS) is 15.6. The fraction of sp³-hybridized carbons (Fsp3) is 0.0588. The Labute approximate surface area is 143 Å². The molecule has 0 saturated carbocycles. The maximum Gasteiger partial charge on any atom is 0.289 e. The van der Waals surface area contributed by atoms with Crippen molar-refractivity contribution in [3.8, 4) is 17.2 Å². The molecule has 4 nitrogen and oxygen atoms in total. The van der Waals surface area contributed by atoms with Gasteiger partial charge in [-0.25, -0.2) is 0 Å². The number of nitrogens with one attached hydrogen (secondary N) is 1. The molecule has 3 rings (SSSR count). The number of rotatable bonds is 4. The van der Waals surface area contributed by atoms with Gasteiger partial charge in [-0.3, -0.25) is 4.79 Å². The highest BCUT2D eigenvalue weighted by Crippen LogP contribution is 2.29. The SMILES string of the molecule is COc1ccc(Oc2cccc(/C=C3/SC(=O)NC3=S)c2)cc1. The lowest BCUT2D eigenvalue weighted by Crippen LogP contribution is -2.15. The van der Waals surface area contributed by atoms with Gasteiger partial charge < -0.3 is 14.8 Å². The first-order chi connectivity index (χ1) is 11.1. The predicted molar refractivity (Wildman–Crippen MR) is 96.2 cm³/mol. The average molecular weight is 343 g/mol. The molecule has 1 aliphatic rings. The monoisotopic (exact) mass is 343 g/mol. The first-order valence-electron chi connectivity index (χ1n) is 6.81. The van der Waals surface area contributed by atoms with E-state index in [0.717, 1.165) is 33.7 Å². The van der Waals surface area contributed by atoms with Gasteiger partial charge in [0.2, 0.25) is 0 Å². The highest BCUT2D eigenvalue weighted by molar-refractivity contribution is 8.19. The first-order valence-corrected chi connectivity index (χ1v) is 8.03. The Morgan fingerprint density at radius 2 is 1.83 bits per heavy atom. The summed E-state index contributed by atoms with van der Waals surface area (Å²) in [5.74, 6) is 2.20. The molecule has 0 aliphatic carbocycles. The lowest BCUT2D eigenvalue weighted by atomic mass is 10.2. The van der Waals surface area contributed by atoms with Crippen LogP contribution >= 0.6 is 24.0 Å². The average Bonchev–Trinajstić information content (AvgIpc) is 2.86. The third-order valence-corrected chi connectivity index (χ3v) is 4.37. The molecule has 1 fully saturated rings. The first kappa shape index (κ1) is 15.6. The summed E-state index contributed by atoms with van der Waals surface area (Å²) in [5, 5.41) is 2.45. The summed E-state index contributed by atoms with van der Waals surface area (Å²) in [5.41, 5.74) is 0.914. The van der Waals surface area contributed by atoms with Crippen molar-refractivity contribution in [1.82, 2.24) is 5.32 Å². The van der Waals surface area contributed by atoms with Crippen molar-refractivity contribution in [2.75, 3.05) is 7.11 Å². The molecule has 0 atom stereocenters. The smallest absolute Gasteiger partial charge is 0.289 e. The Kier molecular flexibility index (Phi) is 4.64. The topological polar surface area (TPSA) is 47.6 Å². The van der Waals surface area contributed by atoms with Crippen LogP contribution in [0.2, 0.25) is 0 Å². The van der Waals surface area contributed by atoms with E-state index in [0.29, 0.717) is 10.7 Å². The minimum absolute atomic E-state index is 0.146. The Morgan fingerprint density at radius 1 is 1.09 bits per heavy atom. The van der Waals surface area contributed by atoms with Crippen LogP contribution in [0.5, 0.6) is 17.2 Å². The quantitative estimate of drug-likeness (QED) is 0.649. The van der Waals surface area contributed by atoms with E-state index >= 15 is 0 Å². The van der Waals surface area contributed by atoms with Crippen LogP contribution in [0.25, 0.3) is 6.08 Å². The molecule has 0 radical (unpaired) electrons. The van der Waals surface area contributed by atoms with Gasteiger partial charge in [0.05, 0.1) is 12.0 Å². The second kappa shape index (κ2) is 6.85. The molecule has 1 saturated heterocycles. The largest absolute Gasteiger partial charge is 0.497 e. The lowest BCUT2D eigenvalue weighted by molar-refractivity contribution is 0.265. The fourth-order valence-corrected chi connectivity index (χ4v) is 3.05. The summed E-state index contributed by atoms with van der Waals surface area (Å²) >= 11 is 6.21. The van der Waals surface area contributed by atoms with E-state index in [1.807, 2.05) is 54.6 Å². The number of carbonyl (C=O) groups excluding carboxylic acids is 1. The van der Waals surface area contributed by atoms with E-state index in [-0.39, 0.29) is 5.24 Å². The Hall–Kier alpha value is -2.31. The van der Waals surface area contributed by atoms with Gasteiger partial charge in [-0.2, -0.15) is 0 Å². The van der Waals surface area contributed by atoms with Gasteiger partial charge in [0.15, 0.2) is 0 Å². The molecule has 1 N–H and O–H groups in total. The molecule has 0 bridgehead atoms. The molecule has 1 aliphatic heterocycles. The molecule has 0 unspecified atom stereocenters. The van der Waals surface area contributed by atoms with Crippen LogP contribution in [0.3, 0.4) is 0 Å². The van der Waals surface area contributed by atoms with Gasteiger partial charge in [-0.05, 0) is 59.8 Å². The number of thioether (sulfide) groups is 1. The van der Waals surface area contributed by atoms with Crippen LogP contribution in [-0.4, -0.2) is 17.3 Å². The zero-order valence-corrected chi connectivity index (χ0v) is 13.9. The predicted octanol–water partition coefficient (Wildman–Crippen LogP) is 4.61. The van der Waals surface area contributed by atoms with E-state index in [1.54, 1.807) is 7.11 Å². The zero-order chi connectivity index (χ0) is 16.2. The summed E-state index contributed by atoms with van der Waals surface area (Å²) < 4.78 is 10.9.